The van der Waals surface area contributed by atoms with Gasteiger partial charge >= 0.3 is 11.8 Å². The van der Waals surface area contributed by atoms with Crippen LogP contribution < -0.4 is 5.32 Å². The Morgan fingerprint density at radius 3 is 2.45 bits per heavy atom. The predicted octanol–water partition coefficient (Wildman–Crippen LogP) is 1.04. The molecule has 0 unspecified atom stereocenters. The van der Waals surface area contributed by atoms with E-state index in [0.29, 0.717) is 5.82 Å². The molecule has 6 nitrogen and oxygen atoms in total. The molecule has 2 aromatic rings. The fourth-order valence-electron chi connectivity index (χ4n) is 1.93. The SMILES string of the molecule is O=C(Nc1ccccn1)C(=O)N(CCO)Cc1ccccc1. The minimum atomic E-state index is -0.775. The molecule has 2 N–H and O–H groups in total. The molecule has 0 fully saturated rings. The highest BCUT2D eigenvalue weighted by Gasteiger charge is 2.22. The highest BCUT2D eigenvalue weighted by molar-refractivity contribution is 6.39. The molecule has 0 aliphatic carbocycles. The van der Waals surface area contributed by atoms with Crippen molar-refractivity contribution in [1.82, 2.24) is 9.88 Å². The number of benzene rings is 1. The quantitative estimate of drug-likeness (QED) is 0.808. The van der Waals surface area contributed by atoms with Crippen LogP contribution in [-0.4, -0.2) is 40.0 Å². The third-order valence-electron chi connectivity index (χ3n) is 2.97. The zero-order chi connectivity index (χ0) is 15.8. The zero-order valence-corrected chi connectivity index (χ0v) is 12.0. The topological polar surface area (TPSA) is 82.5 Å². The average Bonchev–Trinajstić information content (AvgIpc) is 2.55. The summed E-state index contributed by atoms with van der Waals surface area (Å²) in [5.74, 6) is -1.17. The van der Waals surface area contributed by atoms with Gasteiger partial charge in [0.15, 0.2) is 0 Å². The lowest BCUT2D eigenvalue weighted by Gasteiger charge is -2.21. The summed E-state index contributed by atoms with van der Waals surface area (Å²) < 4.78 is 0. The van der Waals surface area contributed by atoms with Crippen LogP contribution in [0.15, 0.2) is 54.7 Å². The van der Waals surface area contributed by atoms with Gasteiger partial charge in [0, 0.05) is 19.3 Å². The number of carbonyl (C=O) groups is 2. The molecule has 0 spiro atoms. The van der Waals surface area contributed by atoms with Gasteiger partial charge in [-0.15, -0.1) is 0 Å². The molecular weight excluding hydrogens is 282 g/mol. The van der Waals surface area contributed by atoms with E-state index in [1.165, 1.54) is 11.1 Å². The molecule has 0 saturated carbocycles. The molecule has 2 rings (SSSR count). The molecule has 1 aromatic carbocycles. The number of amides is 2. The first-order valence-electron chi connectivity index (χ1n) is 6.87. The Balaban J connectivity index is 2.04. The van der Waals surface area contributed by atoms with Gasteiger partial charge in [0.2, 0.25) is 0 Å². The Morgan fingerprint density at radius 2 is 1.82 bits per heavy atom. The van der Waals surface area contributed by atoms with Gasteiger partial charge in [-0.05, 0) is 17.7 Å². The highest BCUT2D eigenvalue weighted by atomic mass is 16.3. The Morgan fingerprint density at radius 1 is 1.09 bits per heavy atom. The van der Waals surface area contributed by atoms with E-state index in [4.69, 9.17) is 5.11 Å². The zero-order valence-electron chi connectivity index (χ0n) is 12.0. The third kappa shape index (κ3) is 4.39. The fourth-order valence-corrected chi connectivity index (χ4v) is 1.93. The van der Waals surface area contributed by atoms with E-state index >= 15 is 0 Å². The van der Waals surface area contributed by atoms with E-state index in [9.17, 15) is 9.59 Å². The van der Waals surface area contributed by atoms with Gasteiger partial charge in [-0.2, -0.15) is 0 Å². The number of aliphatic hydroxyl groups excluding tert-OH is 1. The van der Waals surface area contributed by atoms with Gasteiger partial charge in [0.1, 0.15) is 5.82 Å². The van der Waals surface area contributed by atoms with Crippen molar-refractivity contribution >= 4 is 17.6 Å². The van der Waals surface area contributed by atoms with Crippen molar-refractivity contribution in [1.29, 1.82) is 0 Å². The van der Waals surface area contributed by atoms with E-state index < -0.39 is 11.8 Å². The summed E-state index contributed by atoms with van der Waals surface area (Å²) in [7, 11) is 0. The van der Waals surface area contributed by atoms with Crippen LogP contribution in [-0.2, 0) is 16.1 Å². The second-order valence-corrected chi connectivity index (χ2v) is 4.61. The summed E-state index contributed by atoms with van der Waals surface area (Å²) in [6.45, 7) is 0.134. The minimum absolute atomic E-state index is 0.0867. The van der Waals surface area contributed by atoms with Gasteiger partial charge < -0.3 is 15.3 Å². The van der Waals surface area contributed by atoms with Crippen LogP contribution in [0, 0.1) is 0 Å². The van der Waals surface area contributed by atoms with Crippen LogP contribution in [0.3, 0.4) is 0 Å². The number of carbonyl (C=O) groups excluding carboxylic acids is 2. The van der Waals surface area contributed by atoms with E-state index in [1.807, 2.05) is 30.3 Å². The maximum absolute atomic E-state index is 12.2. The molecule has 1 aromatic heterocycles. The summed E-state index contributed by atoms with van der Waals surface area (Å²) in [6.07, 6.45) is 1.52. The molecule has 0 saturated heterocycles. The van der Waals surface area contributed by atoms with Gasteiger partial charge in [-0.25, -0.2) is 4.98 Å². The number of aromatic nitrogens is 1. The van der Waals surface area contributed by atoms with E-state index in [-0.39, 0.29) is 19.7 Å². The molecule has 0 aliphatic rings. The molecule has 6 heteroatoms. The van der Waals surface area contributed by atoms with E-state index in [2.05, 4.69) is 10.3 Å². The van der Waals surface area contributed by atoms with Crippen LogP contribution in [0.2, 0.25) is 0 Å². The maximum Gasteiger partial charge on any atom is 0.315 e. The lowest BCUT2D eigenvalue weighted by atomic mass is 10.2. The second-order valence-electron chi connectivity index (χ2n) is 4.61. The van der Waals surface area contributed by atoms with Crippen molar-refractivity contribution in [2.24, 2.45) is 0 Å². The number of nitrogens with zero attached hydrogens (tertiary/aromatic N) is 2. The van der Waals surface area contributed by atoms with Crippen LogP contribution >= 0.6 is 0 Å². The van der Waals surface area contributed by atoms with Gasteiger partial charge in [0.05, 0.1) is 6.61 Å². The number of hydrogen-bond donors (Lipinski definition) is 2. The normalized spacial score (nSPS) is 10.0. The third-order valence-corrected chi connectivity index (χ3v) is 2.97. The predicted molar refractivity (Wildman–Crippen MR) is 81.8 cm³/mol. The average molecular weight is 299 g/mol. The van der Waals surface area contributed by atoms with Crippen LogP contribution in [0.5, 0.6) is 0 Å². The monoisotopic (exact) mass is 299 g/mol. The molecule has 1 heterocycles. The Kier molecular flexibility index (Phi) is 5.62. The molecule has 0 aliphatic heterocycles. The number of aliphatic hydroxyl groups is 1. The summed E-state index contributed by atoms with van der Waals surface area (Å²) in [4.78, 5) is 29.4. The van der Waals surface area contributed by atoms with Crippen molar-refractivity contribution < 1.29 is 14.7 Å². The Labute approximate surface area is 128 Å². The summed E-state index contributed by atoms with van der Waals surface area (Å²) in [5.41, 5.74) is 0.884. The number of rotatable bonds is 5. The molecule has 0 bridgehead atoms. The Bertz CT molecular complexity index is 617. The van der Waals surface area contributed by atoms with Crippen LogP contribution in [0.1, 0.15) is 5.56 Å². The largest absolute Gasteiger partial charge is 0.395 e. The van der Waals surface area contributed by atoms with E-state index in [0.717, 1.165) is 5.56 Å². The first-order chi connectivity index (χ1) is 10.7. The number of pyridine rings is 1. The number of anilines is 1. The van der Waals surface area contributed by atoms with Crippen molar-refractivity contribution in [2.45, 2.75) is 6.54 Å². The molecule has 22 heavy (non-hydrogen) atoms. The first-order valence-corrected chi connectivity index (χ1v) is 6.87. The van der Waals surface area contributed by atoms with Crippen molar-refractivity contribution in [3.05, 3.63) is 60.3 Å². The smallest absolute Gasteiger partial charge is 0.315 e. The van der Waals surface area contributed by atoms with Crippen LogP contribution in [0.4, 0.5) is 5.82 Å². The van der Waals surface area contributed by atoms with Crippen LogP contribution in [0.25, 0.3) is 0 Å². The molecule has 0 radical (unpaired) electrons. The minimum Gasteiger partial charge on any atom is -0.395 e. The molecule has 114 valence electrons. The first kappa shape index (κ1) is 15.7. The Hall–Kier alpha value is -2.73. The lowest BCUT2D eigenvalue weighted by Crippen LogP contribution is -2.40. The van der Waals surface area contributed by atoms with Crippen molar-refractivity contribution in [2.75, 3.05) is 18.5 Å². The van der Waals surface area contributed by atoms with Gasteiger partial charge in [0.25, 0.3) is 0 Å². The van der Waals surface area contributed by atoms with Gasteiger partial charge in [-0.1, -0.05) is 36.4 Å². The van der Waals surface area contributed by atoms with E-state index in [1.54, 1.807) is 18.2 Å². The van der Waals surface area contributed by atoms with Crippen molar-refractivity contribution in [3.8, 4) is 0 Å². The number of nitrogens with one attached hydrogen (secondary N) is 1. The lowest BCUT2D eigenvalue weighted by molar-refractivity contribution is -0.143. The molecule has 2 amide bonds. The summed E-state index contributed by atoms with van der Waals surface area (Å²) in [5, 5.41) is 11.5. The highest BCUT2D eigenvalue weighted by Crippen LogP contribution is 2.06. The van der Waals surface area contributed by atoms with Gasteiger partial charge in [-0.3, -0.25) is 9.59 Å². The second kappa shape index (κ2) is 7.90. The maximum atomic E-state index is 12.2. The summed E-state index contributed by atoms with van der Waals surface area (Å²) >= 11 is 0. The standard InChI is InChI=1S/C16H17N3O3/c20-11-10-19(12-13-6-2-1-3-7-13)16(22)15(21)18-14-8-4-5-9-17-14/h1-9,20H,10-12H2,(H,17,18,21). The molecule has 0 atom stereocenters. The van der Waals surface area contributed by atoms with Crippen molar-refractivity contribution in [3.63, 3.8) is 0 Å². The fraction of sp³-hybridized carbons (Fsp3) is 0.188. The molecular formula is C16H17N3O3. The summed E-state index contributed by atoms with van der Waals surface area (Å²) in [6, 6.07) is 14.3. The number of hydrogen-bond acceptors (Lipinski definition) is 4.